The highest BCUT2D eigenvalue weighted by Gasteiger charge is 2.23. The summed E-state index contributed by atoms with van der Waals surface area (Å²) in [5, 5.41) is 12.3. The number of likely N-dealkylation sites (tertiary alicyclic amines) is 1. The Morgan fingerprint density at radius 2 is 1.73 bits per heavy atom. The molecular weight excluding hydrogens is 384 g/mol. The number of piperidine rings is 1. The van der Waals surface area contributed by atoms with Crippen LogP contribution in [0.15, 0.2) is 30.5 Å². The van der Waals surface area contributed by atoms with Crippen LogP contribution in [0.4, 0.5) is 22.1 Å². The van der Waals surface area contributed by atoms with Crippen LogP contribution in [-0.4, -0.2) is 58.2 Å². The predicted molar refractivity (Wildman–Crippen MR) is 113 cm³/mol. The van der Waals surface area contributed by atoms with Gasteiger partial charge in [-0.1, -0.05) is 12.1 Å². The van der Waals surface area contributed by atoms with E-state index >= 15 is 0 Å². The van der Waals surface area contributed by atoms with Gasteiger partial charge in [0.25, 0.3) is 5.91 Å². The van der Waals surface area contributed by atoms with Gasteiger partial charge in [0.05, 0.1) is 6.20 Å². The Bertz CT molecular complexity index is 919. The molecule has 4 rings (SSSR count). The average Bonchev–Trinajstić information content (AvgIpc) is 3.29. The zero-order valence-corrected chi connectivity index (χ0v) is 16.8. The van der Waals surface area contributed by atoms with Crippen LogP contribution >= 0.6 is 0 Å². The van der Waals surface area contributed by atoms with Gasteiger partial charge in [0, 0.05) is 31.9 Å². The Morgan fingerprint density at radius 3 is 2.33 bits per heavy atom. The van der Waals surface area contributed by atoms with E-state index in [4.69, 9.17) is 10.8 Å². The summed E-state index contributed by atoms with van der Waals surface area (Å²) in [5.74, 6) is 0.810. The fraction of sp³-hybridized carbons (Fsp3) is 0.429. The van der Waals surface area contributed by atoms with E-state index < -0.39 is 12.0 Å². The largest absolute Gasteiger partial charge is 0.465 e. The number of primary amides is 1. The Kier molecular flexibility index (Phi) is 5.69. The van der Waals surface area contributed by atoms with Crippen LogP contribution in [0, 0.1) is 0 Å². The van der Waals surface area contributed by atoms with Crippen molar-refractivity contribution in [1.29, 1.82) is 0 Å². The molecule has 2 aliphatic rings. The highest BCUT2D eigenvalue weighted by molar-refractivity contribution is 5.96. The molecule has 1 aromatic carbocycles. The van der Waals surface area contributed by atoms with E-state index in [-0.39, 0.29) is 5.69 Å². The number of nitrogens with zero attached hydrogens (tertiary/aromatic N) is 4. The van der Waals surface area contributed by atoms with E-state index in [1.165, 1.54) is 10.5 Å². The van der Waals surface area contributed by atoms with Gasteiger partial charge in [-0.25, -0.2) is 14.8 Å². The van der Waals surface area contributed by atoms with Gasteiger partial charge >= 0.3 is 6.09 Å². The molecule has 0 bridgehead atoms. The molecule has 0 radical (unpaired) electrons. The molecule has 0 spiro atoms. The second-order valence-electron chi connectivity index (χ2n) is 7.77. The van der Waals surface area contributed by atoms with Crippen molar-refractivity contribution < 1.29 is 14.7 Å². The summed E-state index contributed by atoms with van der Waals surface area (Å²) in [7, 11) is 0. The van der Waals surface area contributed by atoms with Crippen molar-refractivity contribution in [3.05, 3.63) is 41.7 Å². The molecule has 158 valence electrons. The van der Waals surface area contributed by atoms with Crippen molar-refractivity contribution in [3.63, 3.8) is 0 Å². The first-order chi connectivity index (χ1) is 14.5. The molecule has 0 atom stereocenters. The number of nitrogens with two attached hydrogens (primary N) is 1. The molecule has 2 fully saturated rings. The maximum atomic E-state index is 11.8. The molecular formula is C21H26N6O3. The number of carbonyl (C=O) groups is 2. The lowest BCUT2D eigenvalue weighted by atomic mass is 9.89. The number of nitrogens with one attached hydrogen (secondary N) is 1. The molecule has 0 saturated carbocycles. The molecule has 30 heavy (non-hydrogen) atoms. The first-order valence-corrected chi connectivity index (χ1v) is 10.3. The number of anilines is 3. The van der Waals surface area contributed by atoms with Crippen LogP contribution in [0.3, 0.4) is 0 Å². The van der Waals surface area contributed by atoms with Gasteiger partial charge in [-0.2, -0.15) is 0 Å². The molecule has 0 aliphatic carbocycles. The van der Waals surface area contributed by atoms with Crippen molar-refractivity contribution in [3.8, 4) is 0 Å². The maximum absolute atomic E-state index is 11.8. The fourth-order valence-corrected chi connectivity index (χ4v) is 4.13. The van der Waals surface area contributed by atoms with Gasteiger partial charge in [0.15, 0.2) is 11.5 Å². The van der Waals surface area contributed by atoms with E-state index in [9.17, 15) is 9.59 Å². The van der Waals surface area contributed by atoms with E-state index in [1.807, 2.05) is 24.3 Å². The van der Waals surface area contributed by atoms with Gasteiger partial charge in [-0.3, -0.25) is 4.79 Å². The van der Waals surface area contributed by atoms with Gasteiger partial charge < -0.3 is 26.0 Å². The summed E-state index contributed by atoms with van der Waals surface area (Å²) < 4.78 is 0. The van der Waals surface area contributed by atoms with Crippen LogP contribution in [0.2, 0.25) is 0 Å². The normalized spacial score (nSPS) is 17.2. The summed E-state index contributed by atoms with van der Waals surface area (Å²) in [4.78, 5) is 35.3. The number of amides is 2. The molecule has 0 unspecified atom stereocenters. The first kappa shape index (κ1) is 19.9. The number of benzene rings is 1. The minimum Gasteiger partial charge on any atom is -0.465 e. The second-order valence-corrected chi connectivity index (χ2v) is 7.77. The molecule has 1 aromatic heterocycles. The molecule has 3 heterocycles. The quantitative estimate of drug-likeness (QED) is 0.692. The van der Waals surface area contributed by atoms with Crippen LogP contribution < -0.4 is 16.0 Å². The summed E-state index contributed by atoms with van der Waals surface area (Å²) in [6.07, 6.45) is 4.62. The fourth-order valence-electron chi connectivity index (χ4n) is 4.13. The van der Waals surface area contributed by atoms with Gasteiger partial charge in [-0.15, -0.1) is 0 Å². The van der Waals surface area contributed by atoms with Crippen molar-refractivity contribution in [1.82, 2.24) is 14.9 Å². The molecule has 2 aliphatic heterocycles. The molecule has 2 saturated heterocycles. The SMILES string of the molecule is NC(=O)c1ncc(N2CCCC2)nc1Nc1ccc(C2CCN(C(=O)O)CC2)cc1. The zero-order chi connectivity index (χ0) is 21.1. The third kappa shape index (κ3) is 4.29. The molecule has 9 nitrogen and oxygen atoms in total. The second kappa shape index (κ2) is 8.56. The smallest absolute Gasteiger partial charge is 0.407 e. The van der Waals surface area contributed by atoms with Crippen molar-refractivity contribution in [2.45, 2.75) is 31.6 Å². The predicted octanol–water partition coefficient (Wildman–Crippen LogP) is 2.78. The van der Waals surface area contributed by atoms with Crippen LogP contribution in [0.1, 0.15) is 47.7 Å². The lowest BCUT2D eigenvalue weighted by molar-refractivity contribution is 0.0996. The Labute approximate surface area is 174 Å². The highest BCUT2D eigenvalue weighted by atomic mass is 16.4. The Balaban J connectivity index is 1.48. The number of hydrogen-bond acceptors (Lipinski definition) is 6. The van der Waals surface area contributed by atoms with Gasteiger partial charge in [-0.05, 0) is 49.3 Å². The van der Waals surface area contributed by atoms with Crippen molar-refractivity contribution >= 4 is 29.3 Å². The average molecular weight is 410 g/mol. The molecule has 2 amide bonds. The van der Waals surface area contributed by atoms with E-state index in [2.05, 4.69) is 20.2 Å². The third-order valence-corrected chi connectivity index (χ3v) is 5.83. The number of carboxylic acid groups (broad SMARTS) is 1. The van der Waals surface area contributed by atoms with Crippen LogP contribution in [0.5, 0.6) is 0 Å². The topological polar surface area (TPSA) is 125 Å². The standard InChI is InChI=1S/C21H26N6O3/c22-19(28)18-20(25-17(13-23-18)26-9-1-2-10-26)24-16-5-3-14(4-6-16)15-7-11-27(12-8-15)21(29)30/h3-6,13,15H,1-2,7-12H2,(H2,22,28)(H,24,25)(H,29,30). The lowest BCUT2D eigenvalue weighted by Crippen LogP contribution is -2.36. The first-order valence-electron chi connectivity index (χ1n) is 10.3. The van der Waals surface area contributed by atoms with Gasteiger partial charge in [0.2, 0.25) is 0 Å². The molecule has 4 N–H and O–H groups in total. The lowest BCUT2D eigenvalue weighted by Gasteiger charge is -2.30. The monoisotopic (exact) mass is 410 g/mol. The zero-order valence-electron chi connectivity index (χ0n) is 16.8. The third-order valence-electron chi connectivity index (χ3n) is 5.83. The van der Waals surface area contributed by atoms with Crippen LogP contribution in [0.25, 0.3) is 0 Å². The number of hydrogen-bond donors (Lipinski definition) is 3. The number of carbonyl (C=O) groups excluding carboxylic acids is 1. The van der Waals surface area contributed by atoms with E-state index in [0.717, 1.165) is 50.3 Å². The number of rotatable bonds is 5. The number of aromatic nitrogens is 2. The Hall–Kier alpha value is -3.36. The summed E-state index contributed by atoms with van der Waals surface area (Å²) in [6, 6.07) is 7.94. The molecule has 9 heteroatoms. The van der Waals surface area contributed by atoms with E-state index in [1.54, 1.807) is 6.20 Å². The van der Waals surface area contributed by atoms with Gasteiger partial charge in [0.1, 0.15) is 5.82 Å². The minimum absolute atomic E-state index is 0.114. The van der Waals surface area contributed by atoms with Crippen molar-refractivity contribution in [2.75, 3.05) is 36.4 Å². The Morgan fingerprint density at radius 1 is 1.07 bits per heavy atom. The van der Waals surface area contributed by atoms with Crippen molar-refractivity contribution in [2.24, 2.45) is 5.73 Å². The highest BCUT2D eigenvalue weighted by Crippen LogP contribution is 2.30. The molecule has 2 aromatic rings. The van der Waals surface area contributed by atoms with E-state index in [0.29, 0.717) is 24.8 Å². The summed E-state index contributed by atoms with van der Waals surface area (Å²) >= 11 is 0. The van der Waals surface area contributed by atoms with Crippen LogP contribution in [-0.2, 0) is 0 Å². The maximum Gasteiger partial charge on any atom is 0.407 e. The minimum atomic E-state index is -0.851. The summed E-state index contributed by atoms with van der Waals surface area (Å²) in [5.41, 5.74) is 7.57. The summed E-state index contributed by atoms with van der Waals surface area (Å²) in [6.45, 7) is 2.97.